The normalized spacial score (nSPS) is 17.3. The fourth-order valence-corrected chi connectivity index (χ4v) is 3.07. The number of carbonyl (C=O) groups is 1. The van der Waals surface area contributed by atoms with E-state index in [1.165, 1.54) is 0 Å². The van der Waals surface area contributed by atoms with Gasteiger partial charge in [-0.3, -0.25) is 9.59 Å². The Kier molecular flexibility index (Phi) is 3.47. The number of aromatic amines is 1. The van der Waals surface area contributed by atoms with Gasteiger partial charge >= 0.3 is 0 Å². The summed E-state index contributed by atoms with van der Waals surface area (Å²) in [6, 6.07) is 5.02. The highest BCUT2D eigenvalue weighted by atomic mass is 35.5. The molecule has 1 aliphatic rings. The lowest BCUT2D eigenvalue weighted by atomic mass is 9.87. The van der Waals surface area contributed by atoms with E-state index in [-0.39, 0.29) is 17.9 Å². The van der Waals surface area contributed by atoms with Gasteiger partial charge in [0.15, 0.2) is 0 Å². The van der Waals surface area contributed by atoms with Crippen LogP contribution in [0.2, 0.25) is 10.0 Å². The number of amides is 1. The Morgan fingerprint density at radius 3 is 2.76 bits per heavy atom. The Bertz CT molecular complexity index is 801. The summed E-state index contributed by atoms with van der Waals surface area (Å²) in [7, 11) is 0. The van der Waals surface area contributed by atoms with E-state index in [0.29, 0.717) is 32.8 Å². The summed E-state index contributed by atoms with van der Waals surface area (Å²) in [5.41, 5.74) is 0.839. The van der Waals surface area contributed by atoms with Crippen LogP contribution in [-0.2, 0) is 4.79 Å². The third kappa shape index (κ3) is 2.54. The topological polar surface area (TPSA) is 74.8 Å². The fraction of sp³-hybridized carbons (Fsp3) is 0.214. The van der Waals surface area contributed by atoms with Gasteiger partial charge in [-0.25, -0.2) is 4.98 Å². The van der Waals surface area contributed by atoms with Crippen LogP contribution in [0.5, 0.6) is 0 Å². The van der Waals surface area contributed by atoms with Gasteiger partial charge in [0.1, 0.15) is 11.6 Å². The highest BCUT2D eigenvalue weighted by Gasteiger charge is 2.31. The summed E-state index contributed by atoms with van der Waals surface area (Å²) in [5, 5.41) is 3.56. The Morgan fingerprint density at radius 2 is 2.05 bits per heavy atom. The van der Waals surface area contributed by atoms with Gasteiger partial charge in [0.25, 0.3) is 5.56 Å². The van der Waals surface area contributed by atoms with E-state index >= 15 is 0 Å². The van der Waals surface area contributed by atoms with Gasteiger partial charge in [0.05, 0.1) is 5.56 Å². The molecule has 1 aromatic carbocycles. The number of anilines is 1. The Hall–Kier alpha value is -1.85. The molecule has 1 amide bonds. The van der Waals surface area contributed by atoms with E-state index in [1.54, 1.807) is 25.1 Å². The molecule has 1 atom stereocenters. The molecule has 2 N–H and O–H groups in total. The first-order chi connectivity index (χ1) is 9.95. The summed E-state index contributed by atoms with van der Waals surface area (Å²) >= 11 is 12.1. The number of hydrogen-bond acceptors (Lipinski definition) is 3. The van der Waals surface area contributed by atoms with Crippen molar-refractivity contribution in [3.63, 3.8) is 0 Å². The van der Waals surface area contributed by atoms with E-state index in [9.17, 15) is 9.59 Å². The fourth-order valence-electron chi connectivity index (χ4n) is 2.53. The molecule has 5 nitrogen and oxygen atoms in total. The smallest absolute Gasteiger partial charge is 0.256 e. The number of nitrogens with zero attached hydrogens (tertiary/aromatic N) is 1. The molecule has 2 heterocycles. The SMILES string of the molecule is Cc1nc2c(c(=O)[nH]1)[C@H](c1ccc(Cl)cc1Cl)CC(=O)N2. The Labute approximate surface area is 130 Å². The average Bonchev–Trinajstić information content (AvgIpc) is 2.36. The molecular weight excluding hydrogens is 313 g/mol. The maximum atomic E-state index is 12.2. The lowest BCUT2D eigenvalue weighted by Gasteiger charge is -2.25. The van der Waals surface area contributed by atoms with Crippen LogP contribution in [0.15, 0.2) is 23.0 Å². The predicted molar refractivity (Wildman–Crippen MR) is 81.1 cm³/mol. The molecule has 0 saturated carbocycles. The Balaban J connectivity index is 2.22. The van der Waals surface area contributed by atoms with E-state index in [2.05, 4.69) is 15.3 Å². The number of benzene rings is 1. The number of aromatic nitrogens is 2. The second-order valence-electron chi connectivity index (χ2n) is 4.88. The molecule has 21 heavy (non-hydrogen) atoms. The van der Waals surface area contributed by atoms with Gasteiger partial charge in [-0.2, -0.15) is 0 Å². The van der Waals surface area contributed by atoms with Crippen LogP contribution in [0.25, 0.3) is 0 Å². The first-order valence-electron chi connectivity index (χ1n) is 6.31. The summed E-state index contributed by atoms with van der Waals surface area (Å²) in [5.74, 6) is 0.108. The van der Waals surface area contributed by atoms with Crippen molar-refractivity contribution in [3.8, 4) is 0 Å². The number of hydrogen-bond donors (Lipinski definition) is 2. The Morgan fingerprint density at radius 1 is 1.29 bits per heavy atom. The number of aryl methyl sites for hydroxylation is 1. The molecule has 3 rings (SSSR count). The largest absolute Gasteiger partial charge is 0.310 e. The molecule has 108 valence electrons. The van der Waals surface area contributed by atoms with Crippen LogP contribution in [0, 0.1) is 6.92 Å². The summed E-state index contributed by atoms with van der Waals surface area (Å²) in [4.78, 5) is 31.0. The number of H-pyrrole nitrogens is 1. The number of nitrogens with one attached hydrogen (secondary N) is 2. The highest BCUT2D eigenvalue weighted by Crippen LogP contribution is 2.37. The van der Waals surface area contributed by atoms with Crippen LogP contribution < -0.4 is 10.9 Å². The van der Waals surface area contributed by atoms with Gasteiger partial charge in [-0.05, 0) is 24.6 Å². The van der Waals surface area contributed by atoms with Crippen LogP contribution in [-0.4, -0.2) is 15.9 Å². The van der Waals surface area contributed by atoms with Crippen molar-refractivity contribution >= 4 is 34.9 Å². The van der Waals surface area contributed by atoms with Crippen molar-refractivity contribution in [3.05, 3.63) is 55.5 Å². The van der Waals surface area contributed by atoms with Gasteiger partial charge in [0.2, 0.25) is 5.91 Å². The van der Waals surface area contributed by atoms with E-state index < -0.39 is 5.92 Å². The molecular formula is C14H11Cl2N3O2. The molecule has 0 bridgehead atoms. The molecule has 0 spiro atoms. The van der Waals surface area contributed by atoms with Gasteiger partial charge in [-0.1, -0.05) is 29.3 Å². The minimum atomic E-state index is -0.435. The van der Waals surface area contributed by atoms with Crippen LogP contribution >= 0.6 is 23.2 Å². The molecule has 0 radical (unpaired) electrons. The standard InChI is InChI=1S/C14H11Cl2N3O2/c1-6-17-13-12(14(21)18-6)9(5-11(20)19-13)8-3-2-7(15)4-10(8)16/h2-4,9H,5H2,1H3,(H2,17,18,19,20,21)/t9-/m0/s1. The van der Waals surface area contributed by atoms with Crippen molar-refractivity contribution in [2.45, 2.75) is 19.3 Å². The number of rotatable bonds is 1. The minimum absolute atomic E-state index is 0.141. The summed E-state index contributed by atoms with van der Waals surface area (Å²) < 4.78 is 0. The molecule has 1 aliphatic heterocycles. The molecule has 0 unspecified atom stereocenters. The molecule has 0 aliphatic carbocycles. The quantitative estimate of drug-likeness (QED) is 0.847. The van der Waals surface area contributed by atoms with Crippen molar-refractivity contribution in [1.29, 1.82) is 0 Å². The van der Waals surface area contributed by atoms with E-state index in [0.717, 1.165) is 0 Å². The zero-order valence-electron chi connectivity index (χ0n) is 11.0. The van der Waals surface area contributed by atoms with Gasteiger partial charge < -0.3 is 10.3 Å². The highest BCUT2D eigenvalue weighted by molar-refractivity contribution is 6.35. The van der Waals surface area contributed by atoms with E-state index in [1.807, 2.05) is 0 Å². The first kappa shape index (κ1) is 14.1. The van der Waals surface area contributed by atoms with Crippen LogP contribution in [0.4, 0.5) is 5.82 Å². The average molecular weight is 324 g/mol. The molecule has 0 fully saturated rings. The molecule has 7 heteroatoms. The van der Waals surface area contributed by atoms with Crippen LogP contribution in [0.1, 0.15) is 29.3 Å². The van der Waals surface area contributed by atoms with Crippen LogP contribution in [0.3, 0.4) is 0 Å². The third-order valence-corrected chi connectivity index (χ3v) is 3.97. The molecule has 1 aromatic heterocycles. The van der Waals surface area contributed by atoms with Crippen molar-refractivity contribution < 1.29 is 4.79 Å². The second kappa shape index (κ2) is 5.16. The zero-order valence-corrected chi connectivity index (χ0v) is 12.5. The molecule has 2 aromatic rings. The maximum absolute atomic E-state index is 12.2. The van der Waals surface area contributed by atoms with Crippen molar-refractivity contribution in [1.82, 2.24) is 9.97 Å². The number of carbonyl (C=O) groups excluding carboxylic acids is 1. The maximum Gasteiger partial charge on any atom is 0.256 e. The zero-order chi connectivity index (χ0) is 15.1. The second-order valence-corrected chi connectivity index (χ2v) is 5.73. The minimum Gasteiger partial charge on any atom is -0.310 e. The summed E-state index contributed by atoms with van der Waals surface area (Å²) in [6.07, 6.45) is 0.141. The van der Waals surface area contributed by atoms with Gasteiger partial charge in [-0.15, -0.1) is 0 Å². The predicted octanol–water partition coefficient (Wildman–Crippen LogP) is 2.86. The molecule has 0 saturated heterocycles. The number of halogens is 2. The number of fused-ring (bicyclic) bond motifs is 1. The summed E-state index contributed by atoms with van der Waals surface area (Å²) in [6.45, 7) is 1.66. The van der Waals surface area contributed by atoms with Crippen molar-refractivity contribution in [2.75, 3.05) is 5.32 Å². The van der Waals surface area contributed by atoms with Crippen molar-refractivity contribution in [2.24, 2.45) is 0 Å². The van der Waals surface area contributed by atoms with E-state index in [4.69, 9.17) is 23.2 Å². The lowest BCUT2D eigenvalue weighted by Crippen LogP contribution is -2.31. The third-order valence-electron chi connectivity index (χ3n) is 3.41. The first-order valence-corrected chi connectivity index (χ1v) is 7.07. The lowest BCUT2D eigenvalue weighted by molar-refractivity contribution is -0.116. The van der Waals surface area contributed by atoms with Gasteiger partial charge in [0, 0.05) is 22.4 Å². The monoisotopic (exact) mass is 323 g/mol.